The van der Waals surface area contributed by atoms with E-state index in [1.807, 2.05) is 0 Å². The van der Waals surface area contributed by atoms with Gasteiger partial charge in [0, 0.05) is 23.5 Å². The predicted octanol–water partition coefficient (Wildman–Crippen LogP) is 2.75. The van der Waals surface area contributed by atoms with Crippen molar-refractivity contribution in [2.75, 3.05) is 7.11 Å². The Balaban J connectivity index is 2.23. The van der Waals surface area contributed by atoms with Crippen molar-refractivity contribution in [2.45, 2.75) is 12.3 Å². The summed E-state index contributed by atoms with van der Waals surface area (Å²) >= 11 is 0. The van der Waals surface area contributed by atoms with E-state index in [4.69, 9.17) is 9.84 Å². The van der Waals surface area contributed by atoms with E-state index in [0.717, 1.165) is 12.4 Å². The summed E-state index contributed by atoms with van der Waals surface area (Å²) in [7, 11) is 1.53. The Hall–Kier alpha value is -2.15. The number of ether oxygens (including phenoxy) is 1. The second-order valence-corrected chi connectivity index (χ2v) is 4.01. The van der Waals surface area contributed by atoms with Crippen LogP contribution in [0, 0.1) is 0 Å². The molecule has 1 atom stereocenters. The van der Waals surface area contributed by atoms with E-state index in [-0.39, 0.29) is 5.82 Å². The summed E-state index contributed by atoms with van der Waals surface area (Å²) in [5.41, 5.74) is 0.244. The molecule has 1 unspecified atom stereocenters. The molecule has 0 aliphatic carbocycles. The standard InChI is InChI=1S/C13H11F3N2O2/c1-20-10-4-2-8(3-5-10)12-17-6-9(7-18-12)11(19)13(14,15)16/h2-7,11,19H,1H3. The second kappa shape index (κ2) is 5.46. The molecule has 0 radical (unpaired) electrons. The Morgan fingerprint density at radius 2 is 1.65 bits per heavy atom. The zero-order valence-electron chi connectivity index (χ0n) is 10.4. The lowest BCUT2D eigenvalue weighted by atomic mass is 10.1. The number of hydrogen-bond donors (Lipinski definition) is 1. The number of aromatic nitrogens is 2. The summed E-state index contributed by atoms with van der Waals surface area (Å²) < 4.78 is 42.0. The number of nitrogens with zero attached hydrogens (tertiary/aromatic N) is 2. The van der Waals surface area contributed by atoms with Crippen molar-refractivity contribution in [3.8, 4) is 17.1 Å². The molecule has 1 aromatic heterocycles. The van der Waals surface area contributed by atoms with Crippen LogP contribution in [0.1, 0.15) is 11.7 Å². The van der Waals surface area contributed by atoms with Gasteiger partial charge in [-0.3, -0.25) is 0 Å². The quantitative estimate of drug-likeness (QED) is 0.941. The molecule has 2 rings (SSSR count). The van der Waals surface area contributed by atoms with Crippen LogP contribution in [0.5, 0.6) is 5.75 Å². The van der Waals surface area contributed by atoms with Crippen LogP contribution in [0.15, 0.2) is 36.7 Å². The number of methoxy groups -OCH3 is 1. The smallest absolute Gasteiger partial charge is 0.418 e. The van der Waals surface area contributed by atoms with Gasteiger partial charge in [-0.1, -0.05) is 0 Å². The first-order valence-electron chi connectivity index (χ1n) is 5.63. The molecule has 1 heterocycles. The molecule has 0 bridgehead atoms. The lowest BCUT2D eigenvalue weighted by molar-refractivity contribution is -0.206. The van der Waals surface area contributed by atoms with Crippen LogP contribution in [0.25, 0.3) is 11.4 Å². The van der Waals surface area contributed by atoms with Crippen molar-refractivity contribution in [3.63, 3.8) is 0 Å². The minimum absolute atomic E-state index is 0.269. The van der Waals surface area contributed by atoms with E-state index in [1.54, 1.807) is 24.3 Å². The Kier molecular flexibility index (Phi) is 3.89. The maximum atomic E-state index is 12.3. The Morgan fingerprint density at radius 3 is 2.10 bits per heavy atom. The summed E-state index contributed by atoms with van der Waals surface area (Å²) in [6, 6.07) is 6.76. The average Bonchev–Trinajstić information content (AvgIpc) is 2.46. The number of aliphatic hydroxyl groups is 1. The number of benzene rings is 1. The predicted molar refractivity (Wildman–Crippen MR) is 65.0 cm³/mol. The zero-order valence-corrected chi connectivity index (χ0v) is 10.4. The largest absolute Gasteiger partial charge is 0.497 e. The van der Waals surface area contributed by atoms with Gasteiger partial charge in [-0.15, -0.1) is 0 Å². The van der Waals surface area contributed by atoms with Crippen molar-refractivity contribution in [2.24, 2.45) is 0 Å². The fourth-order valence-corrected chi connectivity index (χ4v) is 1.56. The summed E-state index contributed by atoms with van der Waals surface area (Å²) in [4.78, 5) is 7.65. The first kappa shape index (κ1) is 14.3. The zero-order chi connectivity index (χ0) is 14.8. The van der Waals surface area contributed by atoms with Gasteiger partial charge in [0.05, 0.1) is 7.11 Å². The molecule has 0 fully saturated rings. The van der Waals surface area contributed by atoms with E-state index in [1.165, 1.54) is 7.11 Å². The highest BCUT2D eigenvalue weighted by molar-refractivity contribution is 5.55. The van der Waals surface area contributed by atoms with Crippen LogP contribution < -0.4 is 4.74 Å². The Labute approximate surface area is 112 Å². The molecule has 0 saturated heterocycles. The second-order valence-electron chi connectivity index (χ2n) is 4.01. The molecule has 2 aromatic rings. The fourth-order valence-electron chi connectivity index (χ4n) is 1.56. The molecule has 0 amide bonds. The number of alkyl halides is 3. The van der Waals surface area contributed by atoms with Gasteiger partial charge >= 0.3 is 6.18 Å². The topological polar surface area (TPSA) is 55.2 Å². The minimum Gasteiger partial charge on any atom is -0.497 e. The van der Waals surface area contributed by atoms with Gasteiger partial charge in [0.1, 0.15) is 5.75 Å². The van der Waals surface area contributed by atoms with Crippen LogP contribution in [0.2, 0.25) is 0 Å². The highest BCUT2D eigenvalue weighted by atomic mass is 19.4. The molecule has 0 spiro atoms. The number of aliphatic hydroxyl groups excluding tert-OH is 1. The highest BCUT2D eigenvalue weighted by Gasteiger charge is 2.39. The van der Waals surface area contributed by atoms with Crippen molar-refractivity contribution in [1.29, 1.82) is 0 Å². The summed E-state index contributed by atoms with van der Waals surface area (Å²) in [6.45, 7) is 0. The van der Waals surface area contributed by atoms with Crippen LogP contribution >= 0.6 is 0 Å². The van der Waals surface area contributed by atoms with Crippen LogP contribution in [0.4, 0.5) is 13.2 Å². The van der Waals surface area contributed by atoms with E-state index < -0.39 is 17.8 Å². The van der Waals surface area contributed by atoms with Crippen LogP contribution in [-0.4, -0.2) is 28.4 Å². The highest BCUT2D eigenvalue weighted by Crippen LogP contribution is 2.32. The number of halogens is 3. The summed E-state index contributed by atoms with van der Waals surface area (Å²) in [5.74, 6) is 0.920. The lowest BCUT2D eigenvalue weighted by Gasteiger charge is -2.14. The lowest BCUT2D eigenvalue weighted by Crippen LogP contribution is -2.20. The van der Waals surface area contributed by atoms with Crippen LogP contribution in [0.3, 0.4) is 0 Å². The third kappa shape index (κ3) is 3.05. The average molecular weight is 284 g/mol. The molecular formula is C13H11F3N2O2. The minimum atomic E-state index is -4.73. The molecular weight excluding hydrogens is 273 g/mol. The molecule has 0 aliphatic heterocycles. The van der Waals surface area contributed by atoms with Gasteiger partial charge in [0.15, 0.2) is 11.9 Å². The van der Waals surface area contributed by atoms with Gasteiger partial charge < -0.3 is 9.84 Å². The van der Waals surface area contributed by atoms with E-state index >= 15 is 0 Å². The maximum Gasteiger partial charge on any atom is 0.418 e. The van der Waals surface area contributed by atoms with Gasteiger partial charge in [-0.25, -0.2) is 9.97 Å². The fraction of sp³-hybridized carbons (Fsp3) is 0.231. The van der Waals surface area contributed by atoms with E-state index in [9.17, 15) is 13.2 Å². The summed E-state index contributed by atoms with van der Waals surface area (Å²) in [6.07, 6.45) is -5.38. The van der Waals surface area contributed by atoms with Crippen molar-refractivity contribution < 1.29 is 23.0 Å². The van der Waals surface area contributed by atoms with Crippen molar-refractivity contribution in [3.05, 3.63) is 42.2 Å². The molecule has 1 aromatic carbocycles. The maximum absolute atomic E-state index is 12.3. The first-order valence-corrected chi connectivity index (χ1v) is 5.63. The first-order chi connectivity index (χ1) is 9.41. The van der Waals surface area contributed by atoms with Gasteiger partial charge in [0.25, 0.3) is 0 Å². The monoisotopic (exact) mass is 284 g/mol. The van der Waals surface area contributed by atoms with Gasteiger partial charge in [0.2, 0.25) is 0 Å². The molecule has 4 nitrogen and oxygen atoms in total. The van der Waals surface area contributed by atoms with Crippen LogP contribution in [-0.2, 0) is 0 Å². The van der Waals surface area contributed by atoms with E-state index in [2.05, 4.69) is 9.97 Å². The normalized spacial score (nSPS) is 13.1. The van der Waals surface area contributed by atoms with Gasteiger partial charge in [-0.05, 0) is 24.3 Å². The third-order valence-corrected chi connectivity index (χ3v) is 2.65. The molecule has 20 heavy (non-hydrogen) atoms. The molecule has 1 N–H and O–H groups in total. The molecule has 7 heteroatoms. The summed E-state index contributed by atoms with van der Waals surface area (Å²) in [5, 5.41) is 9.07. The number of rotatable bonds is 3. The molecule has 106 valence electrons. The van der Waals surface area contributed by atoms with E-state index in [0.29, 0.717) is 11.3 Å². The van der Waals surface area contributed by atoms with Gasteiger partial charge in [-0.2, -0.15) is 13.2 Å². The molecule has 0 saturated carbocycles. The third-order valence-electron chi connectivity index (χ3n) is 2.65. The Morgan fingerprint density at radius 1 is 1.10 bits per heavy atom. The van der Waals surface area contributed by atoms with Crippen molar-refractivity contribution >= 4 is 0 Å². The Bertz CT molecular complexity index is 568. The number of hydrogen-bond acceptors (Lipinski definition) is 4. The molecule has 0 aliphatic rings. The SMILES string of the molecule is COc1ccc(-c2ncc(C(O)C(F)(F)F)cn2)cc1. The van der Waals surface area contributed by atoms with Crippen molar-refractivity contribution in [1.82, 2.24) is 9.97 Å².